The quantitative estimate of drug-likeness (QED) is 0.578. The summed E-state index contributed by atoms with van der Waals surface area (Å²) >= 11 is 0. The Bertz CT molecular complexity index is 647. The lowest BCUT2D eigenvalue weighted by Gasteiger charge is -2.35. The van der Waals surface area contributed by atoms with Crippen LogP contribution in [0.5, 0.6) is 0 Å². The molecule has 0 N–H and O–H groups in total. The molecule has 2 fully saturated rings. The van der Waals surface area contributed by atoms with Crippen molar-refractivity contribution in [3.05, 3.63) is 23.9 Å². The van der Waals surface area contributed by atoms with Gasteiger partial charge >= 0.3 is 6.09 Å². The van der Waals surface area contributed by atoms with Crippen LogP contribution < -0.4 is 4.90 Å². The Kier molecular flexibility index (Phi) is 7.55. The maximum Gasteiger partial charge on any atom is 0.416 e. The Hall–Kier alpha value is -1.62. The first-order valence-corrected chi connectivity index (χ1v) is 11.6. The first-order valence-electron chi connectivity index (χ1n) is 11.6. The molecule has 1 saturated carbocycles. The van der Waals surface area contributed by atoms with Gasteiger partial charge in [-0.3, -0.25) is 9.80 Å². The molecule has 2 heterocycles. The molecule has 0 aromatic carbocycles. The SMILES string of the molecule is CCCCN1CCC[C@@H]1c1ccc(N(C(=O)OC(C)(C)C)C2CCCCC2)nc1. The van der Waals surface area contributed by atoms with E-state index in [1.54, 1.807) is 0 Å². The van der Waals surface area contributed by atoms with Crippen LogP contribution in [0.3, 0.4) is 0 Å². The van der Waals surface area contributed by atoms with E-state index < -0.39 is 5.60 Å². The summed E-state index contributed by atoms with van der Waals surface area (Å²) in [7, 11) is 0. The number of unbranched alkanes of at least 4 members (excludes halogenated alkanes) is 1. The highest BCUT2D eigenvalue weighted by Crippen LogP contribution is 2.33. The maximum atomic E-state index is 13.0. The molecule has 1 aromatic heterocycles. The Morgan fingerprint density at radius 2 is 1.93 bits per heavy atom. The monoisotopic (exact) mass is 401 g/mol. The van der Waals surface area contributed by atoms with E-state index in [0.717, 1.165) is 38.0 Å². The average molecular weight is 402 g/mol. The van der Waals surface area contributed by atoms with Gasteiger partial charge < -0.3 is 4.74 Å². The molecule has 5 nitrogen and oxygen atoms in total. The van der Waals surface area contributed by atoms with E-state index in [2.05, 4.69) is 17.9 Å². The Morgan fingerprint density at radius 3 is 2.55 bits per heavy atom. The van der Waals surface area contributed by atoms with Gasteiger partial charge in [0, 0.05) is 18.3 Å². The van der Waals surface area contributed by atoms with Gasteiger partial charge in [-0.2, -0.15) is 0 Å². The number of rotatable bonds is 6. The number of pyridine rings is 1. The molecule has 1 saturated heterocycles. The Morgan fingerprint density at radius 1 is 1.17 bits per heavy atom. The molecular formula is C24H39N3O2. The van der Waals surface area contributed by atoms with Crippen LogP contribution in [-0.4, -0.2) is 40.7 Å². The number of amides is 1. The number of carbonyl (C=O) groups is 1. The van der Waals surface area contributed by atoms with E-state index in [1.807, 2.05) is 37.9 Å². The number of hydrogen-bond acceptors (Lipinski definition) is 4. The van der Waals surface area contributed by atoms with Gasteiger partial charge in [-0.05, 0) is 77.6 Å². The predicted molar refractivity (Wildman–Crippen MR) is 118 cm³/mol. The van der Waals surface area contributed by atoms with Crippen LogP contribution in [0, 0.1) is 0 Å². The smallest absolute Gasteiger partial charge is 0.416 e. The highest BCUT2D eigenvalue weighted by molar-refractivity contribution is 5.87. The maximum absolute atomic E-state index is 13.0. The molecule has 1 atom stereocenters. The number of ether oxygens (including phenoxy) is 1. The standard InChI is InChI=1S/C24H39N3O2/c1-5-6-16-26-17-10-13-21(26)19-14-15-22(25-18-19)27(20-11-8-7-9-12-20)23(28)29-24(2,3)4/h14-15,18,20-21H,5-13,16-17H2,1-4H3/t21-/m1/s1. The largest absolute Gasteiger partial charge is 0.443 e. The molecule has 0 radical (unpaired) electrons. The molecule has 0 unspecified atom stereocenters. The van der Waals surface area contributed by atoms with Crippen LogP contribution >= 0.6 is 0 Å². The van der Waals surface area contributed by atoms with Crippen LogP contribution in [0.1, 0.15) is 97.1 Å². The minimum Gasteiger partial charge on any atom is -0.443 e. The van der Waals surface area contributed by atoms with Crippen molar-refractivity contribution in [2.24, 2.45) is 0 Å². The second-order valence-electron chi connectivity index (χ2n) is 9.64. The van der Waals surface area contributed by atoms with Crippen molar-refractivity contribution in [1.29, 1.82) is 0 Å². The first-order chi connectivity index (χ1) is 13.9. The van der Waals surface area contributed by atoms with Crippen molar-refractivity contribution in [2.75, 3.05) is 18.0 Å². The fourth-order valence-corrected chi connectivity index (χ4v) is 4.65. The molecule has 0 spiro atoms. The molecule has 1 aromatic rings. The van der Waals surface area contributed by atoms with Gasteiger partial charge in [0.15, 0.2) is 0 Å². The van der Waals surface area contributed by atoms with E-state index >= 15 is 0 Å². The molecule has 1 aliphatic carbocycles. The molecule has 1 amide bonds. The zero-order valence-corrected chi connectivity index (χ0v) is 18.8. The number of hydrogen-bond donors (Lipinski definition) is 0. The van der Waals surface area contributed by atoms with Gasteiger partial charge in [-0.25, -0.2) is 9.78 Å². The number of carbonyl (C=O) groups excluding carboxylic acids is 1. The summed E-state index contributed by atoms with van der Waals surface area (Å²) in [6.45, 7) is 10.4. The Balaban J connectivity index is 1.78. The van der Waals surface area contributed by atoms with Crippen molar-refractivity contribution < 1.29 is 9.53 Å². The van der Waals surface area contributed by atoms with Crippen LogP contribution in [0.2, 0.25) is 0 Å². The third-order valence-electron chi connectivity index (χ3n) is 6.09. The first kappa shape index (κ1) is 22.1. The number of anilines is 1. The zero-order valence-electron chi connectivity index (χ0n) is 18.8. The van der Waals surface area contributed by atoms with Gasteiger partial charge in [0.25, 0.3) is 0 Å². The van der Waals surface area contributed by atoms with Crippen molar-refractivity contribution in [3.8, 4) is 0 Å². The molecule has 5 heteroatoms. The average Bonchev–Trinajstić information content (AvgIpc) is 3.15. The number of aromatic nitrogens is 1. The molecule has 2 aliphatic rings. The minimum atomic E-state index is -0.506. The molecular weight excluding hydrogens is 362 g/mol. The molecule has 0 bridgehead atoms. The second kappa shape index (κ2) is 9.92. The Labute approximate surface area is 176 Å². The zero-order chi connectivity index (χ0) is 20.9. The molecule has 1 aliphatic heterocycles. The predicted octanol–water partition coefficient (Wildman–Crippen LogP) is 6.09. The fraction of sp³-hybridized carbons (Fsp3) is 0.750. The van der Waals surface area contributed by atoms with Gasteiger partial charge in [0.1, 0.15) is 11.4 Å². The van der Waals surface area contributed by atoms with Crippen LogP contribution in [-0.2, 0) is 4.74 Å². The van der Waals surface area contributed by atoms with Gasteiger partial charge in [0.05, 0.1) is 0 Å². The third kappa shape index (κ3) is 5.94. The third-order valence-corrected chi connectivity index (χ3v) is 6.09. The summed E-state index contributed by atoms with van der Waals surface area (Å²) in [5.74, 6) is 0.730. The van der Waals surface area contributed by atoms with Crippen molar-refractivity contribution in [3.63, 3.8) is 0 Å². The lowest BCUT2D eigenvalue weighted by molar-refractivity contribution is 0.0556. The lowest BCUT2D eigenvalue weighted by Crippen LogP contribution is -2.45. The summed E-state index contributed by atoms with van der Waals surface area (Å²) in [5.41, 5.74) is 0.767. The highest BCUT2D eigenvalue weighted by atomic mass is 16.6. The number of nitrogens with zero attached hydrogens (tertiary/aromatic N) is 3. The lowest BCUT2D eigenvalue weighted by atomic mass is 9.94. The molecule has 29 heavy (non-hydrogen) atoms. The van der Waals surface area contributed by atoms with E-state index in [9.17, 15) is 4.79 Å². The van der Waals surface area contributed by atoms with Gasteiger partial charge in [-0.15, -0.1) is 0 Å². The number of likely N-dealkylation sites (tertiary alicyclic amines) is 1. The second-order valence-corrected chi connectivity index (χ2v) is 9.64. The van der Waals surface area contributed by atoms with Crippen LogP contribution in [0.25, 0.3) is 0 Å². The minimum absolute atomic E-state index is 0.185. The van der Waals surface area contributed by atoms with Crippen molar-refractivity contribution >= 4 is 11.9 Å². The summed E-state index contributed by atoms with van der Waals surface area (Å²) in [6, 6.07) is 4.86. The van der Waals surface area contributed by atoms with E-state index in [4.69, 9.17) is 9.72 Å². The molecule has 162 valence electrons. The molecule has 3 rings (SSSR count). The van der Waals surface area contributed by atoms with Gasteiger partial charge in [-0.1, -0.05) is 38.7 Å². The normalized spacial score (nSPS) is 21.3. The highest BCUT2D eigenvalue weighted by Gasteiger charge is 2.32. The summed E-state index contributed by atoms with van der Waals surface area (Å²) < 4.78 is 5.74. The van der Waals surface area contributed by atoms with E-state index in [0.29, 0.717) is 6.04 Å². The topological polar surface area (TPSA) is 45.7 Å². The van der Waals surface area contributed by atoms with Crippen molar-refractivity contribution in [1.82, 2.24) is 9.88 Å². The van der Waals surface area contributed by atoms with Crippen LogP contribution in [0.4, 0.5) is 10.6 Å². The van der Waals surface area contributed by atoms with Gasteiger partial charge in [0.2, 0.25) is 0 Å². The summed E-state index contributed by atoms with van der Waals surface area (Å²) in [5, 5.41) is 0. The van der Waals surface area contributed by atoms with E-state index in [1.165, 1.54) is 44.2 Å². The fourth-order valence-electron chi connectivity index (χ4n) is 4.65. The van der Waals surface area contributed by atoms with E-state index in [-0.39, 0.29) is 12.1 Å². The summed E-state index contributed by atoms with van der Waals surface area (Å²) in [6.07, 6.45) is 12.3. The van der Waals surface area contributed by atoms with Crippen LogP contribution in [0.15, 0.2) is 18.3 Å². The summed E-state index contributed by atoms with van der Waals surface area (Å²) in [4.78, 5) is 22.2. The van der Waals surface area contributed by atoms with Crippen molar-refractivity contribution in [2.45, 2.75) is 103 Å².